The highest BCUT2D eigenvalue weighted by atomic mass is 32.2. The highest BCUT2D eigenvalue weighted by Crippen LogP contribution is 2.37. The van der Waals surface area contributed by atoms with Crippen LogP contribution in [0.1, 0.15) is 24.5 Å². The molecule has 17 heavy (non-hydrogen) atoms. The maximum absolute atomic E-state index is 10.1. The van der Waals surface area contributed by atoms with Crippen molar-refractivity contribution < 1.29 is 14.6 Å². The van der Waals surface area contributed by atoms with Crippen LogP contribution in [-0.4, -0.2) is 30.3 Å². The first-order chi connectivity index (χ1) is 8.24. The van der Waals surface area contributed by atoms with E-state index in [0.29, 0.717) is 6.42 Å². The average molecular weight is 254 g/mol. The Bertz CT molecular complexity index is 381. The second-order valence-corrected chi connectivity index (χ2v) is 5.16. The topological polar surface area (TPSA) is 38.7 Å². The van der Waals surface area contributed by atoms with Crippen LogP contribution in [0.2, 0.25) is 0 Å². The van der Waals surface area contributed by atoms with Gasteiger partial charge in [-0.25, -0.2) is 0 Å². The standard InChI is InChI=1S/C13H18O3S/c1-15-9-3-4-13-11(7-9)12(14)8-10(16-13)5-6-17-2/h3-4,7,10,12,14H,5-6,8H2,1-2H3. The van der Waals surface area contributed by atoms with Crippen LogP contribution in [0.4, 0.5) is 0 Å². The summed E-state index contributed by atoms with van der Waals surface area (Å²) in [6.45, 7) is 0. The molecule has 94 valence electrons. The molecule has 0 aliphatic carbocycles. The number of benzene rings is 1. The van der Waals surface area contributed by atoms with E-state index in [0.717, 1.165) is 29.2 Å². The Kier molecular flexibility index (Phi) is 4.18. The third-order valence-electron chi connectivity index (χ3n) is 3.00. The monoisotopic (exact) mass is 254 g/mol. The molecule has 0 spiro atoms. The molecule has 1 aromatic rings. The molecule has 4 heteroatoms. The number of thioether (sulfide) groups is 1. The lowest BCUT2D eigenvalue weighted by Gasteiger charge is -2.29. The smallest absolute Gasteiger partial charge is 0.125 e. The zero-order valence-corrected chi connectivity index (χ0v) is 11.0. The molecule has 1 heterocycles. The summed E-state index contributed by atoms with van der Waals surface area (Å²) in [4.78, 5) is 0. The number of methoxy groups -OCH3 is 1. The van der Waals surface area contributed by atoms with E-state index in [1.54, 1.807) is 18.9 Å². The predicted molar refractivity (Wildman–Crippen MR) is 70.0 cm³/mol. The van der Waals surface area contributed by atoms with Gasteiger partial charge in [0.1, 0.15) is 17.6 Å². The van der Waals surface area contributed by atoms with Crippen molar-refractivity contribution >= 4 is 11.8 Å². The van der Waals surface area contributed by atoms with Gasteiger partial charge < -0.3 is 14.6 Å². The van der Waals surface area contributed by atoms with Gasteiger partial charge in [0, 0.05) is 12.0 Å². The molecule has 2 atom stereocenters. The van der Waals surface area contributed by atoms with Gasteiger partial charge >= 0.3 is 0 Å². The Morgan fingerprint density at radius 1 is 1.53 bits per heavy atom. The lowest BCUT2D eigenvalue weighted by Crippen LogP contribution is -2.26. The van der Waals surface area contributed by atoms with E-state index in [-0.39, 0.29) is 6.10 Å². The minimum Gasteiger partial charge on any atom is -0.497 e. The van der Waals surface area contributed by atoms with Crippen LogP contribution < -0.4 is 9.47 Å². The van der Waals surface area contributed by atoms with E-state index in [1.807, 2.05) is 18.2 Å². The Labute approximate surface area is 106 Å². The van der Waals surface area contributed by atoms with E-state index >= 15 is 0 Å². The van der Waals surface area contributed by atoms with Gasteiger partial charge in [-0.15, -0.1) is 0 Å². The molecule has 1 aliphatic rings. The van der Waals surface area contributed by atoms with Gasteiger partial charge in [0.25, 0.3) is 0 Å². The molecule has 2 unspecified atom stereocenters. The van der Waals surface area contributed by atoms with Crippen LogP contribution in [0.3, 0.4) is 0 Å². The summed E-state index contributed by atoms with van der Waals surface area (Å²) in [5.74, 6) is 2.60. The van der Waals surface area contributed by atoms with Crippen molar-refractivity contribution in [3.05, 3.63) is 23.8 Å². The molecule has 0 amide bonds. The highest BCUT2D eigenvalue weighted by molar-refractivity contribution is 7.98. The molecule has 1 N–H and O–H groups in total. The van der Waals surface area contributed by atoms with Crippen molar-refractivity contribution in [1.82, 2.24) is 0 Å². The fourth-order valence-corrected chi connectivity index (χ4v) is 2.55. The zero-order valence-electron chi connectivity index (χ0n) is 10.2. The highest BCUT2D eigenvalue weighted by Gasteiger charge is 2.26. The molecule has 0 saturated heterocycles. The number of hydrogen-bond donors (Lipinski definition) is 1. The lowest BCUT2D eigenvalue weighted by atomic mass is 9.97. The van der Waals surface area contributed by atoms with Crippen LogP contribution in [0, 0.1) is 0 Å². The molecule has 0 aromatic heterocycles. The second-order valence-electron chi connectivity index (χ2n) is 4.18. The van der Waals surface area contributed by atoms with Crippen molar-refractivity contribution in [3.63, 3.8) is 0 Å². The van der Waals surface area contributed by atoms with Gasteiger partial charge in [-0.3, -0.25) is 0 Å². The molecular formula is C13H18O3S. The molecule has 0 saturated carbocycles. The third kappa shape index (κ3) is 2.87. The van der Waals surface area contributed by atoms with Crippen LogP contribution in [0.5, 0.6) is 11.5 Å². The summed E-state index contributed by atoms with van der Waals surface area (Å²) in [7, 11) is 1.62. The van der Waals surface area contributed by atoms with Gasteiger partial charge in [0.05, 0.1) is 13.2 Å². The Hall–Kier alpha value is -0.870. The number of fused-ring (bicyclic) bond motifs is 1. The number of hydrogen-bond acceptors (Lipinski definition) is 4. The summed E-state index contributed by atoms with van der Waals surface area (Å²) < 4.78 is 11.0. The van der Waals surface area contributed by atoms with Crippen LogP contribution >= 0.6 is 11.8 Å². The molecule has 0 radical (unpaired) electrons. The molecule has 0 fully saturated rings. The van der Waals surface area contributed by atoms with Gasteiger partial charge in [0.2, 0.25) is 0 Å². The van der Waals surface area contributed by atoms with Crippen LogP contribution in [0.25, 0.3) is 0 Å². The van der Waals surface area contributed by atoms with Gasteiger partial charge in [-0.1, -0.05) is 0 Å². The molecule has 1 aliphatic heterocycles. The maximum Gasteiger partial charge on any atom is 0.125 e. The van der Waals surface area contributed by atoms with Gasteiger partial charge in [0.15, 0.2) is 0 Å². The largest absolute Gasteiger partial charge is 0.497 e. The fourth-order valence-electron chi connectivity index (χ4n) is 2.05. The molecule has 3 nitrogen and oxygen atoms in total. The first kappa shape index (κ1) is 12.6. The number of aliphatic hydroxyl groups is 1. The molecule has 0 bridgehead atoms. The fraction of sp³-hybridized carbons (Fsp3) is 0.538. The van der Waals surface area contributed by atoms with Crippen LogP contribution in [-0.2, 0) is 0 Å². The van der Waals surface area contributed by atoms with E-state index in [2.05, 4.69) is 6.26 Å². The average Bonchev–Trinajstić information content (AvgIpc) is 2.36. The predicted octanol–water partition coefficient (Wildman–Crippen LogP) is 2.63. The number of ether oxygens (including phenoxy) is 2. The first-order valence-electron chi connectivity index (χ1n) is 5.76. The van der Waals surface area contributed by atoms with Crippen molar-refractivity contribution in [3.8, 4) is 11.5 Å². The second kappa shape index (κ2) is 5.65. The van der Waals surface area contributed by atoms with E-state index in [4.69, 9.17) is 9.47 Å². The first-order valence-corrected chi connectivity index (χ1v) is 7.15. The number of aliphatic hydroxyl groups excluding tert-OH is 1. The van der Waals surface area contributed by atoms with Gasteiger partial charge in [-0.2, -0.15) is 11.8 Å². The SMILES string of the molecule is COc1ccc2c(c1)C(O)CC(CCSC)O2. The van der Waals surface area contributed by atoms with Crippen molar-refractivity contribution in [1.29, 1.82) is 0 Å². The third-order valence-corrected chi connectivity index (χ3v) is 3.64. The number of rotatable bonds is 4. The summed E-state index contributed by atoms with van der Waals surface area (Å²) in [6.07, 6.45) is 3.40. The van der Waals surface area contributed by atoms with Crippen LogP contribution in [0.15, 0.2) is 18.2 Å². The summed E-state index contributed by atoms with van der Waals surface area (Å²) in [5, 5.41) is 10.1. The summed E-state index contributed by atoms with van der Waals surface area (Å²) in [6, 6.07) is 5.59. The molecule has 1 aromatic carbocycles. The molecular weight excluding hydrogens is 236 g/mol. The Morgan fingerprint density at radius 3 is 3.06 bits per heavy atom. The van der Waals surface area contributed by atoms with Crippen molar-refractivity contribution in [2.45, 2.75) is 25.0 Å². The summed E-state index contributed by atoms with van der Waals surface area (Å²) >= 11 is 1.80. The molecule has 2 rings (SSSR count). The van der Waals surface area contributed by atoms with E-state index in [1.165, 1.54) is 0 Å². The van der Waals surface area contributed by atoms with E-state index < -0.39 is 6.10 Å². The quantitative estimate of drug-likeness (QED) is 0.896. The minimum absolute atomic E-state index is 0.123. The van der Waals surface area contributed by atoms with Gasteiger partial charge in [-0.05, 0) is 36.6 Å². The minimum atomic E-state index is -0.444. The Morgan fingerprint density at radius 2 is 2.35 bits per heavy atom. The summed E-state index contributed by atoms with van der Waals surface area (Å²) in [5.41, 5.74) is 0.838. The van der Waals surface area contributed by atoms with E-state index in [9.17, 15) is 5.11 Å². The maximum atomic E-state index is 10.1. The zero-order chi connectivity index (χ0) is 12.3. The van der Waals surface area contributed by atoms with Crippen molar-refractivity contribution in [2.24, 2.45) is 0 Å². The normalized spacial score (nSPS) is 22.8. The lowest BCUT2D eigenvalue weighted by molar-refractivity contribution is 0.0646. The Balaban J connectivity index is 2.14. The van der Waals surface area contributed by atoms with Crippen molar-refractivity contribution in [2.75, 3.05) is 19.1 Å².